The van der Waals surface area contributed by atoms with Crippen LogP contribution in [0.2, 0.25) is 0 Å². The summed E-state index contributed by atoms with van der Waals surface area (Å²) in [6, 6.07) is 8.85. The van der Waals surface area contributed by atoms with E-state index < -0.39 is 17.4 Å². The smallest absolute Gasteiger partial charge is 0.331 e. The number of ether oxygens (including phenoxy) is 2. The number of fused-ring (bicyclic) bond motifs is 1. The zero-order valence-electron chi connectivity index (χ0n) is 14.4. The Morgan fingerprint density at radius 2 is 1.96 bits per heavy atom. The quantitative estimate of drug-likeness (QED) is 0.824. The lowest BCUT2D eigenvalue weighted by atomic mass is 9.96. The molecule has 1 atom stereocenters. The number of methoxy groups -OCH3 is 2. The number of carbonyl (C=O) groups excluding carboxylic acids is 2. The Bertz CT molecular complexity index is 760. The van der Waals surface area contributed by atoms with Crippen LogP contribution in [0.15, 0.2) is 30.3 Å². The van der Waals surface area contributed by atoms with Crippen molar-refractivity contribution in [3.63, 3.8) is 0 Å². The molecule has 0 fully saturated rings. The van der Waals surface area contributed by atoms with Gasteiger partial charge in [-0.15, -0.1) is 0 Å². The number of benzene rings is 1. The van der Waals surface area contributed by atoms with Crippen molar-refractivity contribution < 1.29 is 19.1 Å². The lowest BCUT2D eigenvalue weighted by Gasteiger charge is -2.27. The number of rotatable bonds is 6. The van der Waals surface area contributed by atoms with Crippen molar-refractivity contribution in [2.24, 2.45) is 0 Å². The molecule has 0 radical (unpaired) electrons. The Morgan fingerprint density at radius 3 is 2.58 bits per heavy atom. The highest BCUT2D eigenvalue weighted by atomic mass is 16.5. The molecule has 2 rings (SSSR count). The zero-order valence-corrected chi connectivity index (χ0v) is 14.4. The van der Waals surface area contributed by atoms with Crippen molar-refractivity contribution in [3.8, 4) is 5.75 Å². The van der Waals surface area contributed by atoms with E-state index in [1.54, 1.807) is 38.3 Å². The van der Waals surface area contributed by atoms with Gasteiger partial charge in [0.05, 0.1) is 19.7 Å². The SMILES string of the molecule is CCCC(C)(NC(=O)c1ccc2cc(OC)ccc2n1)C(=O)OC. The molecule has 6 nitrogen and oxygen atoms in total. The molecule has 24 heavy (non-hydrogen) atoms. The molecule has 128 valence electrons. The second kappa shape index (κ2) is 7.29. The van der Waals surface area contributed by atoms with Crippen LogP contribution in [-0.2, 0) is 9.53 Å². The van der Waals surface area contributed by atoms with Crippen molar-refractivity contribution in [1.29, 1.82) is 0 Å². The van der Waals surface area contributed by atoms with Crippen molar-refractivity contribution in [3.05, 3.63) is 36.0 Å². The average Bonchev–Trinajstić information content (AvgIpc) is 2.60. The molecule has 0 spiro atoms. The van der Waals surface area contributed by atoms with Gasteiger partial charge in [-0.05, 0) is 37.6 Å². The summed E-state index contributed by atoms with van der Waals surface area (Å²) in [5.41, 5.74) is -0.144. The van der Waals surface area contributed by atoms with Gasteiger partial charge in [-0.2, -0.15) is 0 Å². The molecule has 1 aromatic carbocycles. The van der Waals surface area contributed by atoms with Gasteiger partial charge in [-0.3, -0.25) is 4.79 Å². The van der Waals surface area contributed by atoms with Gasteiger partial charge in [0.25, 0.3) is 5.91 Å². The third-order valence-electron chi connectivity index (χ3n) is 3.90. The first kappa shape index (κ1) is 17.7. The molecule has 1 heterocycles. The molecule has 1 unspecified atom stereocenters. The average molecular weight is 330 g/mol. The summed E-state index contributed by atoms with van der Waals surface area (Å²) in [7, 11) is 2.90. The van der Waals surface area contributed by atoms with Gasteiger partial charge in [0.1, 0.15) is 17.0 Å². The molecule has 0 saturated carbocycles. The van der Waals surface area contributed by atoms with Crippen molar-refractivity contribution in [2.75, 3.05) is 14.2 Å². The highest BCUT2D eigenvalue weighted by Crippen LogP contribution is 2.20. The Hall–Kier alpha value is -2.63. The maximum Gasteiger partial charge on any atom is 0.331 e. The van der Waals surface area contributed by atoms with Crippen LogP contribution >= 0.6 is 0 Å². The van der Waals surface area contributed by atoms with E-state index in [0.29, 0.717) is 11.9 Å². The molecule has 1 amide bonds. The molecule has 0 bridgehead atoms. The number of carbonyl (C=O) groups is 2. The van der Waals surface area contributed by atoms with E-state index in [1.807, 2.05) is 13.0 Å². The van der Waals surface area contributed by atoms with Crippen molar-refractivity contribution >= 4 is 22.8 Å². The van der Waals surface area contributed by atoms with Crippen LogP contribution in [0.4, 0.5) is 0 Å². The van der Waals surface area contributed by atoms with E-state index in [2.05, 4.69) is 10.3 Å². The third kappa shape index (κ3) is 3.64. The summed E-state index contributed by atoms with van der Waals surface area (Å²) >= 11 is 0. The normalized spacial score (nSPS) is 13.2. The standard InChI is InChI=1S/C18H22N2O4/c1-5-10-18(2,17(22)24-4)20-16(21)15-8-6-12-11-13(23-3)7-9-14(12)19-15/h6-9,11H,5,10H2,1-4H3,(H,20,21). The monoisotopic (exact) mass is 330 g/mol. The van der Waals surface area contributed by atoms with Gasteiger partial charge < -0.3 is 14.8 Å². The molecule has 0 aliphatic rings. The number of nitrogens with zero attached hydrogens (tertiary/aromatic N) is 1. The third-order valence-corrected chi connectivity index (χ3v) is 3.90. The molecule has 0 aliphatic heterocycles. The number of hydrogen-bond acceptors (Lipinski definition) is 5. The largest absolute Gasteiger partial charge is 0.497 e. The van der Waals surface area contributed by atoms with Crippen LogP contribution in [0.5, 0.6) is 5.75 Å². The van der Waals surface area contributed by atoms with Crippen LogP contribution < -0.4 is 10.1 Å². The number of esters is 1. The van der Waals surface area contributed by atoms with Crippen LogP contribution in [-0.4, -0.2) is 36.6 Å². The summed E-state index contributed by atoms with van der Waals surface area (Å²) in [5.74, 6) is -0.153. The molecule has 0 aliphatic carbocycles. The van der Waals surface area contributed by atoms with E-state index in [0.717, 1.165) is 17.6 Å². The second-order valence-electron chi connectivity index (χ2n) is 5.78. The van der Waals surface area contributed by atoms with E-state index in [4.69, 9.17) is 9.47 Å². The van der Waals surface area contributed by atoms with Crippen LogP contribution in [0.25, 0.3) is 10.9 Å². The lowest BCUT2D eigenvalue weighted by molar-refractivity contribution is -0.147. The first-order valence-corrected chi connectivity index (χ1v) is 7.79. The summed E-state index contributed by atoms with van der Waals surface area (Å²) in [6.45, 7) is 3.60. The fraction of sp³-hybridized carbons (Fsp3) is 0.389. The van der Waals surface area contributed by atoms with Crippen LogP contribution in [0.3, 0.4) is 0 Å². The minimum absolute atomic E-state index is 0.249. The number of pyridine rings is 1. The zero-order chi connectivity index (χ0) is 17.7. The van der Waals surface area contributed by atoms with E-state index in [9.17, 15) is 9.59 Å². The molecule has 1 aromatic heterocycles. The highest BCUT2D eigenvalue weighted by Gasteiger charge is 2.35. The van der Waals surface area contributed by atoms with Gasteiger partial charge >= 0.3 is 5.97 Å². The molecule has 2 aromatic rings. The predicted molar refractivity (Wildman–Crippen MR) is 91.1 cm³/mol. The Labute approximate surface area is 141 Å². The minimum Gasteiger partial charge on any atom is -0.497 e. The maximum atomic E-state index is 12.5. The summed E-state index contributed by atoms with van der Waals surface area (Å²) in [6.07, 6.45) is 1.22. The van der Waals surface area contributed by atoms with Crippen LogP contribution in [0, 0.1) is 0 Å². The number of nitrogens with one attached hydrogen (secondary N) is 1. The van der Waals surface area contributed by atoms with Crippen LogP contribution in [0.1, 0.15) is 37.2 Å². The van der Waals surface area contributed by atoms with E-state index in [1.165, 1.54) is 7.11 Å². The number of hydrogen-bond donors (Lipinski definition) is 1. The number of amides is 1. The molecular formula is C18H22N2O4. The predicted octanol–water partition coefficient (Wildman–Crippen LogP) is 2.71. The molecular weight excluding hydrogens is 308 g/mol. The first-order valence-electron chi connectivity index (χ1n) is 7.79. The maximum absolute atomic E-state index is 12.5. The second-order valence-corrected chi connectivity index (χ2v) is 5.78. The fourth-order valence-electron chi connectivity index (χ4n) is 2.61. The molecule has 1 N–H and O–H groups in total. The van der Waals surface area contributed by atoms with Gasteiger partial charge in [0, 0.05) is 5.39 Å². The Morgan fingerprint density at radius 1 is 1.21 bits per heavy atom. The summed E-state index contributed by atoms with van der Waals surface area (Å²) in [5, 5.41) is 3.62. The highest BCUT2D eigenvalue weighted by molar-refractivity contribution is 5.98. The number of aromatic nitrogens is 1. The molecule has 0 saturated heterocycles. The first-order chi connectivity index (χ1) is 11.4. The topological polar surface area (TPSA) is 77.5 Å². The van der Waals surface area contributed by atoms with Gasteiger partial charge in [0.2, 0.25) is 0 Å². The van der Waals surface area contributed by atoms with E-state index in [-0.39, 0.29) is 5.69 Å². The Balaban J connectivity index is 2.28. The van der Waals surface area contributed by atoms with Gasteiger partial charge in [-0.1, -0.05) is 19.4 Å². The van der Waals surface area contributed by atoms with Crippen molar-refractivity contribution in [1.82, 2.24) is 10.3 Å². The van der Waals surface area contributed by atoms with Crippen molar-refractivity contribution in [2.45, 2.75) is 32.2 Å². The molecule has 6 heteroatoms. The summed E-state index contributed by atoms with van der Waals surface area (Å²) < 4.78 is 9.99. The Kier molecular flexibility index (Phi) is 5.39. The minimum atomic E-state index is -1.07. The lowest BCUT2D eigenvalue weighted by Crippen LogP contribution is -2.52. The summed E-state index contributed by atoms with van der Waals surface area (Å²) in [4.78, 5) is 28.9. The van der Waals surface area contributed by atoms with E-state index >= 15 is 0 Å². The van der Waals surface area contributed by atoms with Gasteiger partial charge in [-0.25, -0.2) is 9.78 Å². The van der Waals surface area contributed by atoms with Gasteiger partial charge in [0.15, 0.2) is 0 Å². The fourth-order valence-corrected chi connectivity index (χ4v) is 2.61.